The number of benzene rings is 2. The highest BCUT2D eigenvalue weighted by molar-refractivity contribution is 5.98. The molecule has 3 nitrogen and oxygen atoms in total. The van der Waals surface area contributed by atoms with Gasteiger partial charge in [0.05, 0.1) is 20.6 Å². The van der Waals surface area contributed by atoms with Crippen LogP contribution >= 0.6 is 0 Å². The smallest absolute Gasteiger partial charge is 0.392 e. The molecule has 0 atom stereocenters. The lowest BCUT2D eigenvalue weighted by molar-refractivity contribution is -0.138. The molecule has 1 saturated carbocycles. The normalized spacial score (nSPS) is 17.3. The summed E-state index contributed by atoms with van der Waals surface area (Å²) in [7, 11) is 0. The van der Waals surface area contributed by atoms with Gasteiger partial charge < -0.3 is 9.94 Å². The number of hydrogen-bond acceptors (Lipinski definition) is 3. The van der Waals surface area contributed by atoms with Crippen molar-refractivity contribution in [2.75, 3.05) is 0 Å². The summed E-state index contributed by atoms with van der Waals surface area (Å²) in [6.45, 7) is 1.02. The molecule has 6 heteroatoms. The molecule has 2 aromatic rings. The number of aliphatic hydroxyl groups is 1. The van der Waals surface area contributed by atoms with E-state index in [4.69, 9.17) is 7.58 Å². The molecule has 1 N–H and O–H groups in total. The third kappa shape index (κ3) is 5.88. The highest BCUT2D eigenvalue weighted by Gasteiger charge is 2.35. The topological polar surface area (TPSA) is 41.8 Å². The minimum atomic E-state index is -4.42. The Balaban J connectivity index is 1.75. The van der Waals surface area contributed by atoms with Gasteiger partial charge in [0.25, 0.3) is 0 Å². The standard InChI is InChI=1S/C25H30F3NO2/c1-3-19-14-21(10-11-22(19)15-30)17(2)29-31-16-18-9-12-23(20-7-5-4-6-8-20)24(13-18)25(26,27)28/h9-14,20,30H,3-8,15-16H2,1-2H3/b29-17+/i15D2. The van der Waals surface area contributed by atoms with E-state index in [1.807, 2.05) is 6.92 Å². The van der Waals surface area contributed by atoms with Gasteiger partial charge in [0.15, 0.2) is 0 Å². The second-order valence-corrected chi connectivity index (χ2v) is 8.04. The van der Waals surface area contributed by atoms with Crippen LogP contribution < -0.4 is 0 Å². The van der Waals surface area contributed by atoms with Crippen molar-refractivity contribution >= 4 is 5.71 Å². The van der Waals surface area contributed by atoms with Gasteiger partial charge in [-0.1, -0.05) is 55.6 Å². The van der Waals surface area contributed by atoms with Gasteiger partial charge in [-0.25, -0.2) is 0 Å². The van der Waals surface area contributed by atoms with E-state index in [2.05, 4.69) is 5.16 Å². The molecule has 168 valence electrons. The van der Waals surface area contributed by atoms with Gasteiger partial charge >= 0.3 is 6.18 Å². The van der Waals surface area contributed by atoms with Crippen LogP contribution in [0.25, 0.3) is 0 Å². The molecule has 3 rings (SSSR count). The van der Waals surface area contributed by atoms with E-state index >= 15 is 0 Å². The van der Waals surface area contributed by atoms with E-state index in [-0.39, 0.29) is 18.1 Å². The van der Waals surface area contributed by atoms with E-state index in [0.29, 0.717) is 34.4 Å². The molecule has 1 aliphatic rings. The first-order valence-electron chi connectivity index (χ1n) is 11.7. The molecule has 0 heterocycles. The van der Waals surface area contributed by atoms with Crippen molar-refractivity contribution < 1.29 is 25.9 Å². The number of rotatable bonds is 7. The van der Waals surface area contributed by atoms with E-state index < -0.39 is 18.3 Å². The number of oxime groups is 1. The van der Waals surface area contributed by atoms with Gasteiger partial charge in [-0.2, -0.15) is 13.2 Å². The van der Waals surface area contributed by atoms with Crippen molar-refractivity contribution in [2.45, 2.75) is 77.6 Å². The summed E-state index contributed by atoms with van der Waals surface area (Å²) in [5.74, 6) is -0.0496. The maximum Gasteiger partial charge on any atom is 0.416 e. The van der Waals surface area contributed by atoms with E-state index in [0.717, 1.165) is 32.1 Å². The molecule has 0 aromatic heterocycles. The van der Waals surface area contributed by atoms with E-state index in [1.54, 1.807) is 31.2 Å². The second kappa shape index (κ2) is 10.3. The zero-order chi connectivity index (χ0) is 24.2. The van der Waals surface area contributed by atoms with Gasteiger partial charge in [0, 0.05) is 0 Å². The highest BCUT2D eigenvalue weighted by atomic mass is 19.4. The van der Waals surface area contributed by atoms with Crippen LogP contribution in [0.5, 0.6) is 0 Å². The Morgan fingerprint density at radius 2 is 1.87 bits per heavy atom. The Morgan fingerprint density at radius 3 is 2.52 bits per heavy atom. The van der Waals surface area contributed by atoms with Crippen LogP contribution in [0, 0.1) is 0 Å². The average Bonchev–Trinajstić information content (AvgIpc) is 2.78. The van der Waals surface area contributed by atoms with Crippen LogP contribution in [0.1, 0.15) is 88.0 Å². The monoisotopic (exact) mass is 435 g/mol. The van der Waals surface area contributed by atoms with Crippen molar-refractivity contribution in [3.05, 3.63) is 69.8 Å². The number of hydrogen-bond donors (Lipinski definition) is 1. The summed E-state index contributed by atoms with van der Waals surface area (Å²) in [5, 5.41) is 13.7. The summed E-state index contributed by atoms with van der Waals surface area (Å²) in [6, 6.07) is 9.30. The molecule has 0 saturated heterocycles. The van der Waals surface area contributed by atoms with Gasteiger partial charge in [0.2, 0.25) is 0 Å². The van der Waals surface area contributed by atoms with Crippen LogP contribution in [-0.2, 0) is 30.6 Å². The fraction of sp³-hybridized carbons (Fsp3) is 0.480. The Kier molecular flexibility index (Phi) is 6.84. The van der Waals surface area contributed by atoms with E-state index in [1.165, 1.54) is 12.1 Å². The Hall–Kier alpha value is -2.34. The summed E-state index contributed by atoms with van der Waals surface area (Å²) < 4.78 is 56.2. The third-order valence-corrected chi connectivity index (χ3v) is 5.93. The van der Waals surface area contributed by atoms with Crippen molar-refractivity contribution in [1.82, 2.24) is 0 Å². The molecule has 1 fully saturated rings. The van der Waals surface area contributed by atoms with Crippen molar-refractivity contribution in [2.24, 2.45) is 5.16 Å². The first-order valence-corrected chi connectivity index (χ1v) is 10.7. The summed E-state index contributed by atoms with van der Waals surface area (Å²) in [4.78, 5) is 5.36. The largest absolute Gasteiger partial charge is 0.416 e. The predicted molar refractivity (Wildman–Crippen MR) is 116 cm³/mol. The number of halogens is 3. The minimum Gasteiger partial charge on any atom is -0.392 e. The van der Waals surface area contributed by atoms with Crippen LogP contribution in [0.15, 0.2) is 41.6 Å². The Bertz CT molecular complexity index is 994. The molecular weight excluding hydrogens is 403 g/mol. The van der Waals surface area contributed by atoms with Crippen LogP contribution in [-0.4, -0.2) is 10.8 Å². The lowest BCUT2D eigenvalue weighted by atomic mass is 9.81. The second-order valence-electron chi connectivity index (χ2n) is 8.04. The van der Waals surface area contributed by atoms with Crippen molar-refractivity contribution in [3.63, 3.8) is 0 Å². The average molecular weight is 436 g/mol. The van der Waals surface area contributed by atoms with Gasteiger partial charge in [-0.15, -0.1) is 0 Å². The van der Waals surface area contributed by atoms with Gasteiger partial charge in [-0.3, -0.25) is 0 Å². The quantitative estimate of drug-likeness (QED) is 0.386. The lowest BCUT2D eigenvalue weighted by Crippen LogP contribution is -2.15. The third-order valence-electron chi connectivity index (χ3n) is 5.93. The zero-order valence-electron chi connectivity index (χ0n) is 19.9. The maximum absolute atomic E-state index is 13.7. The molecule has 0 bridgehead atoms. The molecule has 0 radical (unpaired) electrons. The Morgan fingerprint density at radius 1 is 1.13 bits per heavy atom. The number of alkyl halides is 3. The van der Waals surface area contributed by atoms with Crippen molar-refractivity contribution in [1.29, 1.82) is 0 Å². The molecule has 0 aliphatic heterocycles. The Labute approximate surface area is 184 Å². The summed E-state index contributed by atoms with van der Waals surface area (Å²) >= 11 is 0. The molecule has 0 spiro atoms. The highest BCUT2D eigenvalue weighted by Crippen LogP contribution is 2.41. The zero-order valence-corrected chi connectivity index (χ0v) is 17.9. The van der Waals surface area contributed by atoms with E-state index in [9.17, 15) is 18.3 Å². The number of nitrogens with zero attached hydrogens (tertiary/aromatic N) is 1. The van der Waals surface area contributed by atoms with Crippen molar-refractivity contribution in [3.8, 4) is 0 Å². The van der Waals surface area contributed by atoms with Gasteiger partial charge in [-0.05, 0) is 72.1 Å². The minimum absolute atomic E-state index is 0.0496. The first-order chi connectivity index (χ1) is 15.5. The molecular formula is C25H30F3NO2. The molecule has 2 aromatic carbocycles. The maximum atomic E-state index is 13.7. The summed E-state index contributed by atoms with van der Waals surface area (Å²) in [5.41, 5.74) is 2.21. The molecule has 0 amide bonds. The molecule has 31 heavy (non-hydrogen) atoms. The number of aryl methyl sites for hydroxylation is 1. The molecule has 1 aliphatic carbocycles. The van der Waals surface area contributed by atoms with Crippen LogP contribution in [0.2, 0.25) is 0 Å². The molecule has 0 unspecified atom stereocenters. The fourth-order valence-electron chi connectivity index (χ4n) is 4.18. The fourth-order valence-corrected chi connectivity index (χ4v) is 4.18. The van der Waals surface area contributed by atoms with Crippen LogP contribution in [0.3, 0.4) is 0 Å². The predicted octanol–water partition coefficient (Wildman–Crippen LogP) is 6.75. The van der Waals surface area contributed by atoms with Gasteiger partial charge in [0.1, 0.15) is 6.61 Å². The lowest BCUT2D eigenvalue weighted by Gasteiger charge is -2.25. The SMILES string of the molecule is [2H]C([2H])(O)c1ccc(/C(C)=N/OCc2ccc(C3CCCCC3)c(C(F)(F)F)c2)cc1CC. The first kappa shape index (κ1) is 20.6. The van der Waals surface area contributed by atoms with Crippen LogP contribution in [0.4, 0.5) is 13.2 Å². The summed E-state index contributed by atoms with van der Waals surface area (Å²) in [6.07, 6.45) is 0.686.